The van der Waals surface area contributed by atoms with Crippen molar-refractivity contribution >= 4 is 5.69 Å². The molecule has 0 unspecified atom stereocenters. The molecule has 1 aliphatic heterocycles. The van der Waals surface area contributed by atoms with Crippen LogP contribution in [0.3, 0.4) is 0 Å². The third-order valence-corrected chi connectivity index (χ3v) is 2.87. The second-order valence-corrected chi connectivity index (χ2v) is 3.99. The van der Waals surface area contributed by atoms with Gasteiger partial charge in [0.05, 0.1) is 0 Å². The zero-order valence-electron chi connectivity index (χ0n) is 9.09. The smallest absolute Gasteiger partial charge is 0.115 e. The standard InChI is InChI=1S/C12H17FN2/c1-10-8-11(9-13)2-3-12(10)15-6-4-14-5-7-15/h2-3,8,14H,4-7,9H2,1H3. The molecule has 82 valence electrons. The van der Waals surface area contributed by atoms with Crippen molar-refractivity contribution in [3.8, 4) is 0 Å². The molecule has 0 atom stereocenters. The maximum absolute atomic E-state index is 12.5. The summed E-state index contributed by atoms with van der Waals surface area (Å²) in [4.78, 5) is 2.36. The highest BCUT2D eigenvalue weighted by atomic mass is 19.1. The van der Waals surface area contributed by atoms with E-state index in [-0.39, 0.29) is 6.67 Å². The first-order valence-corrected chi connectivity index (χ1v) is 5.42. The number of aryl methyl sites for hydroxylation is 1. The lowest BCUT2D eigenvalue weighted by Crippen LogP contribution is -2.43. The average Bonchev–Trinajstić information content (AvgIpc) is 2.30. The monoisotopic (exact) mass is 208 g/mol. The molecule has 15 heavy (non-hydrogen) atoms. The van der Waals surface area contributed by atoms with Crippen LogP contribution in [0.1, 0.15) is 11.1 Å². The Bertz CT molecular complexity index is 332. The van der Waals surface area contributed by atoms with Crippen LogP contribution in [0.25, 0.3) is 0 Å². The molecule has 2 rings (SSSR count). The summed E-state index contributed by atoms with van der Waals surface area (Å²) in [5, 5.41) is 3.32. The molecule has 0 spiro atoms. The van der Waals surface area contributed by atoms with Crippen molar-refractivity contribution < 1.29 is 4.39 Å². The SMILES string of the molecule is Cc1cc(CF)ccc1N1CCNCC1. The highest BCUT2D eigenvalue weighted by Gasteiger charge is 2.12. The molecule has 0 aliphatic carbocycles. The van der Waals surface area contributed by atoms with Crippen molar-refractivity contribution in [2.45, 2.75) is 13.6 Å². The zero-order valence-corrected chi connectivity index (χ0v) is 9.09. The Kier molecular flexibility index (Phi) is 3.21. The van der Waals surface area contributed by atoms with Gasteiger partial charge in [0.2, 0.25) is 0 Å². The Balaban J connectivity index is 2.19. The largest absolute Gasteiger partial charge is 0.369 e. The molecule has 2 nitrogen and oxygen atoms in total. The Hall–Kier alpha value is -1.09. The summed E-state index contributed by atoms with van der Waals surface area (Å²) < 4.78 is 12.5. The molecule has 1 saturated heterocycles. The van der Waals surface area contributed by atoms with Crippen LogP contribution in [0.15, 0.2) is 18.2 Å². The summed E-state index contributed by atoms with van der Waals surface area (Å²) >= 11 is 0. The second kappa shape index (κ2) is 4.62. The molecule has 0 aromatic heterocycles. The quantitative estimate of drug-likeness (QED) is 0.798. The molecule has 0 radical (unpaired) electrons. The summed E-state index contributed by atoms with van der Waals surface area (Å²) in [6.45, 7) is 5.82. The molecule has 0 saturated carbocycles. The second-order valence-electron chi connectivity index (χ2n) is 3.99. The van der Waals surface area contributed by atoms with Gasteiger partial charge < -0.3 is 10.2 Å². The zero-order chi connectivity index (χ0) is 10.7. The van der Waals surface area contributed by atoms with Gasteiger partial charge in [-0.15, -0.1) is 0 Å². The summed E-state index contributed by atoms with van der Waals surface area (Å²) in [7, 11) is 0. The summed E-state index contributed by atoms with van der Waals surface area (Å²) in [6, 6.07) is 5.86. The molecular weight excluding hydrogens is 191 g/mol. The van der Waals surface area contributed by atoms with Crippen molar-refractivity contribution in [1.82, 2.24) is 5.32 Å². The minimum Gasteiger partial charge on any atom is -0.369 e. The molecule has 1 aromatic carbocycles. The van der Waals surface area contributed by atoms with E-state index in [9.17, 15) is 4.39 Å². The van der Waals surface area contributed by atoms with E-state index in [1.165, 1.54) is 11.3 Å². The predicted molar refractivity (Wildman–Crippen MR) is 61.1 cm³/mol. The third kappa shape index (κ3) is 2.29. The first-order valence-electron chi connectivity index (χ1n) is 5.42. The van der Waals surface area contributed by atoms with E-state index in [4.69, 9.17) is 0 Å². The Morgan fingerprint density at radius 3 is 2.67 bits per heavy atom. The van der Waals surface area contributed by atoms with E-state index < -0.39 is 0 Å². The highest BCUT2D eigenvalue weighted by Crippen LogP contribution is 2.21. The van der Waals surface area contributed by atoms with E-state index in [1.54, 1.807) is 0 Å². The van der Waals surface area contributed by atoms with Crippen molar-refractivity contribution in [3.05, 3.63) is 29.3 Å². The van der Waals surface area contributed by atoms with E-state index in [2.05, 4.69) is 17.1 Å². The van der Waals surface area contributed by atoms with Gasteiger partial charge in [0.1, 0.15) is 6.67 Å². The Morgan fingerprint density at radius 1 is 1.33 bits per heavy atom. The van der Waals surface area contributed by atoms with Crippen LogP contribution in [0, 0.1) is 6.92 Å². The molecule has 0 bridgehead atoms. The minimum atomic E-state index is -0.372. The first-order chi connectivity index (χ1) is 7.31. The average molecular weight is 208 g/mol. The molecule has 1 fully saturated rings. The fraction of sp³-hybridized carbons (Fsp3) is 0.500. The third-order valence-electron chi connectivity index (χ3n) is 2.87. The number of piperazine rings is 1. The normalized spacial score (nSPS) is 16.8. The summed E-state index contributed by atoms with van der Waals surface area (Å²) in [5.41, 5.74) is 3.19. The Morgan fingerprint density at radius 2 is 2.07 bits per heavy atom. The van der Waals surface area contributed by atoms with Gasteiger partial charge in [-0.05, 0) is 24.1 Å². The van der Waals surface area contributed by atoms with Crippen molar-refractivity contribution in [2.24, 2.45) is 0 Å². The number of hydrogen-bond donors (Lipinski definition) is 1. The number of rotatable bonds is 2. The van der Waals surface area contributed by atoms with Crippen LogP contribution >= 0.6 is 0 Å². The van der Waals surface area contributed by atoms with Gasteiger partial charge in [-0.3, -0.25) is 0 Å². The maximum atomic E-state index is 12.5. The van der Waals surface area contributed by atoms with Crippen LogP contribution in [0.5, 0.6) is 0 Å². The minimum absolute atomic E-state index is 0.372. The molecule has 1 heterocycles. The predicted octanol–water partition coefficient (Wildman–Crippen LogP) is 1.87. The van der Waals surface area contributed by atoms with Gasteiger partial charge in [-0.25, -0.2) is 4.39 Å². The lowest BCUT2D eigenvalue weighted by molar-refractivity contribution is 0.485. The number of anilines is 1. The lowest BCUT2D eigenvalue weighted by Gasteiger charge is -2.30. The van der Waals surface area contributed by atoms with Gasteiger partial charge in [0.15, 0.2) is 0 Å². The lowest BCUT2D eigenvalue weighted by atomic mass is 10.1. The molecule has 1 aromatic rings. The van der Waals surface area contributed by atoms with Crippen LogP contribution in [-0.2, 0) is 6.67 Å². The topological polar surface area (TPSA) is 15.3 Å². The number of nitrogens with one attached hydrogen (secondary N) is 1. The van der Waals surface area contributed by atoms with Gasteiger partial charge in [0, 0.05) is 31.9 Å². The van der Waals surface area contributed by atoms with Gasteiger partial charge in [0.25, 0.3) is 0 Å². The number of alkyl halides is 1. The van der Waals surface area contributed by atoms with E-state index in [0.29, 0.717) is 0 Å². The number of benzene rings is 1. The Labute approximate surface area is 90.1 Å². The van der Waals surface area contributed by atoms with E-state index in [0.717, 1.165) is 31.7 Å². The van der Waals surface area contributed by atoms with E-state index >= 15 is 0 Å². The van der Waals surface area contributed by atoms with Crippen molar-refractivity contribution in [3.63, 3.8) is 0 Å². The fourth-order valence-electron chi connectivity index (χ4n) is 2.06. The number of hydrogen-bond acceptors (Lipinski definition) is 2. The number of halogens is 1. The van der Waals surface area contributed by atoms with Gasteiger partial charge in [-0.1, -0.05) is 12.1 Å². The number of nitrogens with zero attached hydrogens (tertiary/aromatic N) is 1. The van der Waals surface area contributed by atoms with Crippen LogP contribution in [0.4, 0.5) is 10.1 Å². The molecule has 3 heteroatoms. The van der Waals surface area contributed by atoms with Gasteiger partial charge >= 0.3 is 0 Å². The summed E-state index contributed by atoms with van der Waals surface area (Å²) in [5.74, 6) is 0. The summed E-state index contributed by atoms with van der Waals surface area (Å²) in [6.07, 6.45) is 0. The molecular formula is C12H17FN2. The van der Waals surface area contributed by atoms with Gasteiger partial charge in [-0.2, -0.15) is 0 Å². The van der Waals surface area contributed by atoms with Crippen LogP contribution in [0.2, 0.25) is 0 Å². The maximum Gasteiger partial charge on any atom is 0.115 e. The highest BCUT2D eigenvalue weighted by molar-refractivity contribution is 5.54. The first kappa shape index (κ1) is 10.4. The molecule has 1 N–H and O–H groups in total. The fourth-order valence-corrected chi connectivity index (χ4v) is 2.06. The molecule has 0 amide bonds. The van der Waals surface area contributed by atoms with Crippen molar-refractivity contribution in [2.75, 3.05) is 31.1 Å². The van der Waals surface area contributed by atoms with Crippen LogP contribution < -0.4 is 10.2 Å². The van der Waals surface area contributed by atoms with Crippen LogP contribution in [-0.4, -0.2) is 26.2 Å². The van der Waals surface area contributed by atoms with E-state index in [1.807, 2.05) is 18.2 Å². The van der Waals surface area contributed by atoms with Crippen molar-refractivity contribution in [1.29, 1.82) is 0 Å². The molecule has 1 aliphatic rings.